The van der Waals surface area contributed by atoms with Crippen molar-refractivity contribution in [3.8, 4) is 11.5 Å². The minimum absolute atomic E-state index is 0.134. The normalized spacial score (nSPS) is 18.6. The number of benzene rings is 3. The molecule has 0 unspecified atom stereocenters. The number of amides is 1. The number of methoxy groups -OCH3 is 2. The van der Waals surface area contributed by atoms with Crippen molar-refractivity contribution in [2.75, 3.05) is 38.8 Å². The van der Waals surface area contributed by atoms with Crippen LogP contribution in [0.15, 0.2) is 73.1 Å². The number of esters is 1. The van der Waals surface area contributed by atoms with E-state index >= 15 is 4.39 Å². The summed E-state index contributed by atoms with van der Waals surface area (Å²) in [4.78, 5) is 34.4. The van der Waals surface area contributed by atoms with Crippen LogP contribution in [0.3, 0.4) is 0 Å². The van der Waals surface area contributed by atoms with Crippen LogP contribution < -0.4 is 14.4 Å². The molecule has 50 heavy (non-hydrogen) atoms. The van der Waals surface area contributed by atoms with Crippen molar-refractivity contribution >= 4 is 41.0 Å². The van der Waals surface area contributed by atoms with Crippen molar-refractivity contribution in [3.63, 3.8) is 0 Å². The number of ether oxygens (including phenoxy) is 4. The molecule has 2 atom stereocenters. The molecule has 0 aliphatic carbocycles. The zero-order chi connectivity index (χ0) is 35.4. The van der Waals surface area contributed by atoms with Gasteiger partial charge in [0.1, 0.15) is 23.8 Å². The molecule has 3 aromatic carbocycles. The molecule has 3 fully saturated rings. The fourth-order valence-corrected chi connectivity index (χ4v) is 6.92. The van der Waals surface area contributed by atoms with Gasteiger partial charge in [0.05, 0.1) is 42.1 Å². The Balaban J connectivity index is 1.22. The Morgan fingerprint density at radius 2 is 1.64 bits per heavy atom. The summed E-state index contributed by atoms with van der Waals surface area (Å²) in [5.41, 5.74) is 1.66. The molecule has 0 spiro atoms. The standard InChI is InChI=1S/C37H35Cl2F2N3O6/c1-47-32-10-7-25(15-34(32)48-2)33(17-27-28(38)18-42-19-29(27)39)49-36(45)24-5-3-22(4-6-24)20-44(31-16-26(40)8-9-30(31)41)37(46)50-35-21-43-13-11-23(35)12-14-43/h3-10,15-16,18-19,23,33,35H,11-14,17,20-21H2,1-2H3/t33-,35-/m0/s1. The molecule has 3 aliphatic rings. The summed E-state index contributed by atoms with van der Waals surface area (Å²) >= 11 is 12.8. The third kappa shape index (κ3) is 7.96. The molecule has 7 rings (SSSR count). The van der Waals surface area contributed by atoms with Gasteiger partial charge in [0.2, 0.25) is 0 Å². The van der Waals surface area contributed by atoms with Gasteiger partial charge in [0, 0.05) is 31.4 Å². The Hall–Kier alpha value is -4.45. The fourth-order valence-electron chi connectivity index (χ4n) is 6.40. The van der Waals surface area contributed by atoms with Gasteiger partial charge in [-0.2, -0.15) is 0 Å². The van der Waals surface area contributed by atoms with Crippen LogP contribution in [0.2, 0.25) is 10.0 Å². The maximum atomic E-state index is 15.0. The van der Waals surface area contributed by atoms with E-state index in [4.69, 9.17) is 42.1 Å². The third-order valence-electron chi connectivity index (χ3n) is 9.17. The number of pyridine rings is 1. The predicted octanol–water partition coefficient (Wildman–Crippen LogP) is 8.06. The predicted molar refractivity (Wildman–Crippen MR) is 184 cm³/mol. The van der Waals surface area contributed by atoms with E-state index in [1.54, 1.807) is 30.3 Å². The Morgan fingerprint density at radius 3 is 2.28 bits per heavy atom. The van der Waals surface area contributed by atoms with Gasteiger partial charge in [0.15, 0.2) is 11.5 Å². The average Bonchev–Trinajstić information content (AvgIpc) is 3.13. The van der Waals surface area contributed by atoms with Gasteiger partial charge in [0.25, 0.3) is 0 Å². The smallest absolute Gasteiger partial charge is 0.415 e. The van der Waals surface area contributed by atoms with Gasteiger partial charge in [-0.25, -0.2) is 18.4 Å². The van der Waals surface area contributed by atoms with E-state index < -0.39 is 29.8 Å². The molecule has 0 radical (unpaired) electrons. The summed E-state index contributed by atoms with van der Waals surface area (Å²) in [6, 6.07) is 14.4. The zero-order valence-electron chi connectivity index (χ0n) is 27.4. The van der Waals surface area contributed by atoms with Crippen molar-refractivity contribution in [1.29, 1.82) is 0 Å². The first-order chi connectivity index (χ1) is 24.1. The Labute approximate surface area is 298 Å². The Morgan fingerprint density at radius 1 is 0.940 bits per heavy atom. The van der Waals surface area contributed by atoms with Crippen molar-refractivity contribution in [2.24, 2.45) is 5.92 Å². The van der Waals surface area contributed by atoms with E-state index in [2.05, 4.69) is 9.88 Å². The first-order valence-electron chi connectivity index (χ1n) is 16.1. The molecule has 2 bridgehead atoms. The van der Waals surface area contributed by atoms with Crippen LogP contribution in [0.5, 0.6) is 11.5 Å². The molecule has 13 heteroatoms. The van der Waals surface area contributed by atoms with Gasteiger partial charge < -0.3 is 18.9 Å². The zero-order valence-corrected chi connectivity index (χ0v) is 28.9. The maximum Gasteiger partial charge on any atom is 0.415 e. The number of anilines is 1. The summed E-state index contributed by atoms with van der Waals surface area (Å²) in [6.07, 6.45) is 2.93. The van der Waals surface area contributed by atoms with Gasteiger partial charge in [-0.15, -0.1) is 0 Å². The number of nitrogens with zero attached hydrogens (tertiary/aromatic N) is 3. The lowest BCUT2D eigenvalue weighted by atomic mass is 9.86. The second-order valence-corrected chi connectivity index (χ2v) is 13.0. The van der Waals surface area contributed by atoms with Crippen molar-refractivity contribution in [1.82, 2.24) is 9.88 Å². The van der Waals surface area contributed by atoms with Gasteiger partial charge in [-0.3, -0.25) is 14.8 Å². The van der Waals surface area contributed by atoms with Crippen LogP contribution in [0.25, 0.3) is 0 Å². The molecule has 0 saturated carbocycles. The molecule has 3 aliphatic heterocycles. The average molecular weight is 727 g/mol. The first kappa shape index (κ1) is 35.4. The van der Waals surface area contributed by atoms with Crippen LogP contribution in [0, 0.1) is 17.6 Å². The van der Waals surface area contributed by atoms with E-state index in [1.807, 2.05) is 0 Å². The SMILES string of the molecule is COc1ccc([C@H](Cc2c(Cl)cncc2Cl)OC(=O)c2ccc(CN(C(=O)O[C@H]3CN4CCC3CC4)c3cc(F)ccc3F)cc2)cc1OC. The quantitative estimate of drug-likeness (QED) is 0.144. The lowest BCUT2D eigenvalue weighted by Crippen LogP contribution is -2.53. The molecular weight excluding hydrogens is 691 g/mol. The highest BCUT2D eigenvalue weighted by atomic mass is 35.5. The largest absolute Gasteiger partial charge is 0.493 e. The molecule has 3 saturated heterocycles. The number of hydrogen-bond donors (Lipinski definition) is 0. The number of halogens is 4. The number of piperidine rings is 3. The Kier molecular flexibility index (Phi) is 11.1. The van der Waals surface area contributed by atoms with E-state index in [9.17, 15) is 14.0 Å². The minimum Gasteiger partial charge on any atom is -0.493 e. The van der Waals surface area contributed by atoms with E-state index in [0.29, 0.717) is 44.8 Å². The number of rotatable bonds is 11. The van der Waals surface area contributed by atoms with Crippen molar-refractivity contribution in [2.45, 2.75) is 38.0 Å². The molecule has 262 valence electrons. The molecule has 1 amide bonds. The minimum atomic E-state index is -0.841. The molecule has 1 aromatic heterocycles. The number of hydrogen-bond acceptors (Lipinski definition) is 8. The number of carbonyl (C=O) groups is 2. The van der Waals surface area contributed by atoms with Crippen LogP contribution in [0.4, 0.5) is 19.3 Å². The van der Waals surface area contributed by atoms with E-state index in [-0.39, 0.29) is 36.2 Å². The highest BCUT2D eigenvalue weighted by molar-refractivity contribution is 6.35. The van der Waals surface area contributed by atoms with Crippen molar-refractivity contribution in [3.05, 3.63) is 117 Å². The van der Waals surface area contributed by atoms with Crippen LogP contribution in [-0.2, 0) is 22.4 Å². The van der Waals surface area contributed by atoms with E-state index in [1.165, 1.54) is 38.7 Å². The monoisotopic (exact) mass is 725 g/mol. The number of carbonyl (C=O) groups excluding carboxylic acids is 2. The summed E-state index contributed by atoms with van der Waals surface area (Å²) in [5.74, 6) is -0.953. The summed E-state index contributed by atoms with van der Waals surface area (Å²) < 4.78 is 52.1. The van der Waals surface area contributed by atoms with Gasteiger partial charge in [-0.05, 0) is 84.9 Å². The van der Waals surface area contributed by atoms with Crippen LogP contribution in [-0.4, -0.2) is 61.9 Å². The maximum absolute atomic E-state index is 15.0. The molecule has 9 nitrogen and oxygen atoms in total. The van der Waals surface area contributed by atoms with Crippen LogP contribution in [0.1, 0.15) is 46.0 Å². The second-order valence-electron chi connectivity index (χ2n) is 12.2. The van der Waals surface area contributed by atoms with Crippen molar-refractivity contribution < 1.29 is 37.3 Å². The molecular formula is C37H35Cl2F2N3O6. The highest BCUT2D eigenvalue weighted by Crippen LogP contribution is 2.36. The van der Waals surface area contributed by atoms with Gasteiger partial charge in [-0.1, -0.05) is 41.4 Å². The van der Waals surface area contributed by atoms with E-state index in [0.717, 1.165) is 49.0 Å². The summed E-state index contributed by atoms with van der Waals surface area (Å²) in [6.45, 7) is 2.38. The lowest BCUT2D eigenvalue weighted by Gasteiger charge is -2.44. The highest BCUT2D eigenvalue weighted by Gasteiger charge is 2.38. The second kappa shape index (κ2) is 15.6. The lowest BCUT2D eigenvalue weighted by molar-refractivity contribution is -0.0311. The van der Waals surface area contributed by atoms with Gasteiger partial charge >= 0.3 is 12.1 Å². The molecule has 4 aromatic rings. The molecule has 0 N–H and O–H groups in total. The Bertz CT molecular complexity index is 1840. The fraction of sp³-hybridized carbons (Fsp3) is 0.324. The van der Waals surface area contributed by atoms with Crippen LogP contribution >= 0.6 is 23.2 Å². The first-order valence-corrected chi connectivity index (χ1v) is 16.8. The summed E-state index contributed by atoms with van der Waals surface area (Å²) in [7, 11) is 3.02. The molecule has 4 heterocycles. The number of aromatic nitrogens is 1. The topological polar surface area (TPSA) is 90.4 Å². The number of fused-ring (bicyclic) bond motifs is 3. The third-order valence-corrected chi connectivity index (χ3v) is 9.82. The summed E-state index contributed by atoms with van der Waals surface area (Å²) in [5, 5.41) is 0.629.